The van der Waals surface area contributed by atoms with Crippen molar-refractivity contribution in [3.8, 4) is 0 Å². The molecular formula is C16H18N2O3S. The molecule has 1 amide bonds. The van der Waals surface area contributed by atoms with Gasteiger partial charge in [0.25, 0.3) is 0 Å². The number of hydrogen-bond donors (Lipinski definition) is 2. The number of hydrogen-bond acceptors (Lipinski definition) is 3. The third-order valence-electron chi connectivity index (χ3n) is 3.12. The molecule has 0 aromatic heterocycles. The van der Waals surface area contributed by atoms with Gasteiger partial charge >= 0.3 is 0 Å². The highest BCUT2D eigenvalue weighted by Crippen LogP contribution is 2.18. The van der Waals surface area contributed by atoms with Crippen LogP contribution in [0, 0.1) is 0 Å². The summed E-state index contributed by atoms with van der Waals surface area (Å²) >= 11 is 0. The van der Waals surface area contributed by atoms with Crippen molar-refractivity contribution in [3.05, 3.63) is 60.2 Å². The molecule has 0 bridgehead atoms. The smallest absolute Gasteiger partial charge is 0.241 e. The maximum absolute atomic E-state index is 12.4. The van der Waals surface area contributed by atoms with Crippen molar-refractivity contribution in [2.24, 2.45) is 0 Å². The number of sulfonamides is 1. The number of carbonyl (C=O) groups excluding carboxylic acids is 1. The van der Waals surface area contributed by atoms with Gasteiger partial charge in [-0.1, -0.05) is 30.3 Å². The molecule has 6 heteroatoms. The molecule has 2 aromatic rings. The lowest BCUT2D eigenvalue weighted by atomic mass is 10.1. The predicted octanol–water partition coefficient (Wildman–Crippen LogP) is 2.68. The van der Waals surface area contributed by atoms with E-state index in [2.05, 4.69) is 10.0 Å². The normalized spacial score (nSPS) is 12.6. The summed E-state index contributed by atoms with van der Waals surface area (Å²) in [4.78, 5) is 11.1. The summed E-state index contributed by atoms with van der Waals surface area (Å²) in [6.45, 7) is 3.19. The van der Waals surface area contributed by atoms with E-state index in [1.54, 1.807) is 19.1 Å². The van der Waals surface area contributed by atoms with E-state index in [1.807, 2.05) is 30.3 Å². The minimum atomic E-state index is -3.62. The van der Waals surface area contributed by atoms with Crippen molar-refractivity contribution in [2.75, 3.05) is 5.32 Å². The quantitative estimate of drug-likeness (QED) is 0.890. The Morgan fingerprint density at radius 2 is 1.59 bits per heavy atom. The molecule has 0 heterocycles. The van der Waals surface area contributed by atoms with Crippen LogP contribution in [0.5, 0.6) is 0 Å². The molecule has 0 radical (unpaired) electrons. The largest absolute Gasteiger partial charge is 0.326 e. The number of benzene rings is 2. The molecule has 0 aliphatic carbocycles. The molecule has 0 unspecified atom stereocenters. The third kappa shape index (κ3) is 4.16. The summed E-state index contributed by atoms with van der Waals surface area (Å²) in [5.74, 6) is -0.202. The molecule has 0 aliphatic rings. The van der Waals surface area contributed by atoms with Crippen LogP contribution < -0.4 is 10.0 Å². The first-order chi connectivity index (χ1) is 10.4. The fraction of sp³-hybridized carbons (Fsp3) is 0.188. The van der Waals surface area contributed by atoms with Crippen molar-refractivity contribution in [2.45, 2.75) is 24.8 Å². The zero-order chi connectivity index (χ0) is 16.2. The molecule has 0 saturated carbocycles. The monoisotopic (exact) mass is 318 g/mol. The number of carbonyl (C=O) groups is 1. The molecule has 116 valence electrons. The Morgan fingerprint density at radius 3 is 2.14 bits per heavy atom. The summed E-state index contributed by atoms with van der Waals surface area (Å²) in [5, 5.41) is 2.60. The van der Waals surface area contributed by atoms with E-state index < -0.39 is 10.0 Å². The van der Waals surface area contributed by atoms with E-state index >= 15 is 0 Å². The number of nitrogens with one attached hydrogen (secondary N) is 2. The molecular weight excluding hydrogens is 300 g/mol. The van der Waals surface area contributed by atoms with E-state index in [0.717, 1.165) is 5.56 Å². The summed E-state index contributed by atoms with van der Waals surface area (Å²) in [5.41, 5.74) is 1.45. The Balaban J connectivity index is 2.15. The van der Waals surface area contributed by atoms with E-state index in [4.69, 9.17) is 0 Å². The van der Waals surface area contributed by atoms with E-state index in [1.165, 1.54) is 19.1 Å². The SMILES string of the molecule is CC(=O)Nc1ccc(S(=O)(=O)N[C@H](C)c2ccccc2)cc1. The number of rotatable bonds is 5. The van der Waals surface area contributed by atoms with Crippen LogP contribution in [-0.2, 0) is 14.8 Å². The Hall–Kier alpha value is -2.18. The summed E-state index contributed by atoms with van der Waals surface area (Å²) in [6.07, 6.45) is 0. The van der Waals surface area contributed by atoms with Crippen molar-refractivity contribution >= 4 is 21.6 Å². The lowest BCUT2D eigenvalue weighted by molar-refractivity contribution is -0.114. The maximum Gasteiger partial charge on any atom is 0.241 e. The second-order valence-corrected chi connectivity index (χ2v) is 6.67. The standard InChI is InChI=1S/C16H18N2O3S/c1-12(14-6-4-3-5-7-14)18-22(20,21)16-10-8-15(9-11-16)17-13(2)19/h3-12,18H,1-2H3,(H,17,19)/t12-/m1/s1. The first-order valence-electron chi connectivity index (χ1n) is 6.83. The summed E-state index contributed by atoms with van der Waals surface area (Å²) < 4.78 is 27.3. The van der Waals surface area contributed by atoms with Crippen molar-refractivity contribution in [1.82, 2.24) is 4.72 Å². The van der Waals surface area contributed by atoms with Gasteiger partial charge in [-0.15, -0.1) is 0 Å². The highest BCUT2D eigenvalue weighted by atomic mass is 32.2. The number of anilines is 1. The van der Waals surface area contributed by atoms with Gasteiger partial charge in [0, 0.05) is 18.7 Å². The number of amides is 1. The third-order valence-corrected chi connectivity index (χ3v) is 4.67. The van der Waals surface area contributed by atoms with Crippen LogP contribution >= 0.6 is 0 Å². The van der Waals surface area contributed by atoms with Gasteiger partial charge in [0.15, 0.2) is 0 Å². The molecule has 22 heavy (non-hydrogen) atoms. The minimum absolute atomic E-state index is 0.157. The predicted molar refractivity (Wildman–Crippen MR) is 85.9 cm³/mol. The lowest BCUT2D eigenvalue weighted by Gasteiger charge is -2.15. The Bertz CT molecular complexity index is 741. The van der Waals surface area contributed by atoms with Gasteiger partial charge in [-0.25, -0.2) is 13.1 Å². The second-order valence-electron chi connectivity index (χ2n) is 4.96. The molecule has 2 aromatic carbocycles. The Kier molecular flexibility index (Phi) is 4.95. The topological polar surface area (TPSA) is 75.3 Å². The highest BCUT2D eigenvalue weighted by molar-refractivity contribution is 7.89. The first kappa shape index (κ1) is 16.2. The Morgan fingerprint density at radius 1 is 1.00 bits per heavy atom. The average Bonchev–Trinajstić information content (AvgIpc) is 2.47. The average molecular weight is 318 g/mol. The first-order valence-corrected chi connectivity index (χ1v) is 8.32. The molecule has 2 N–H and O–H groups in total. The van der Waals surface area contributed by atoms with Crippen molar-refractivity contribution < 1.29 is 13.2 Å². The van der Waals surface area contributed by atoms with E-state index in [9.17, 15) is 13.2 Å². The van der Waals surface area contributed by atoms with Crippen LogP contribution in [0.3, 0.4) is 0 Å². The van der Waals surface area contributed by atoms with Crippen LogP contribution in [0.1, 0.15) is 25.5 Å². The summed E-state index contributed by atoms with van der Waals surface area (Å²) in [7, 11) is -3.62. The molecule has 2 rings (SSSR count). The lowest BCUT2D eigenvalue weighted by Crippen LogP contribution is -2.26. The fourth-order valence-corrected chi connectivity index (χ4v) is 3.26. The van der Waals surface area contributed by atoms with Gasteiger partial charge in [0.2, 0.25) is 15.9 Å². The Labute approximate surface area is 130 Å². The molecule has 1 atom stereocenters. The van der Waals surface area contributed by atoms with Gasteiger partial charge in [-0.2, -0.15) is 0 Å². The highest BCUT2D eigenvalue weighted by Gasteiger charge is 2.18. The molecule has 0 aliphatic heterocycles. The zero-order valence-electron chi connectivity index (χ0n) is 12.4. The maximum atomic E-state index is 12.4. The van der Waals surface area contributed by atoms with Crippen LogP contribution in [-0.4, -0.2) is 14.3 Å². The van der Waals surface area contributed by atoms with Crippen LogP contribution in [0.25, 0.3) is 0 Å². The van der Waals surface area contributed by atoms with Gasteiger partial charge in [-0.05, 0) is 36.8 Å². The molecule has 5 nitrogen and oxygen atoms in total. The van der Waals surface area contributed by atoms with Crippen LogP contribution in [0.15, 0.2) is 59.5 Å². The van der Waals surface area contributed by atoms with Crippen molar-refractivity contribution in [3.63, 3.8) is 0 Å². The van der Waals surface area contributed by atoms with Gasteiger partial charge in [0.1, 0.15) is 0 Å². The van der Waals surface area contributed by atoms with E-state index in [0.29, 0.717) is 5.69 Å². The minimum Gasteiger partial charge on any atom is -0.326 e. The second kappa shape index (κ2) is 6.72. The molecule has 0 spiro atoms. The van der Waals surface area contributed by atoms with E-state index in [-0.39, 0.29) is 16.8 Å². The van der Waals surface area contributed by atoms with Gasteiger partial charge in [-0.3, -0.25) is 4.79 Å². The molecule has 0 saturated heterocycles. The zero-order valence-corrected chi connectivity index (χ0v) is 13.2. The summed E-state index contributed by atoms with van der Waals surface area (Å²) in [6, 6.07) is 15.1. The van der Waals surface area contributed by atoms with Crippen LogP contribution in [0.2, 0.25) is 0 Å². The molecule has 0 fully saturated rings. The van der Waals surface area contributed by atoms with Gasteiger partial charge < -0.3 is 5.32 Å². The van der Waals surface area contributed by atoms with Gasteiger partial charge in [0.05, 0.1) is 4.90 Å². The van der Waals surface area contributed by atoms with Crippen LogP contribution in [0.4, 0.5) is 5.69 Å². The fourth-order valence-electron chi connectivity index (χ4n) is 2.03. The van der Waals surface area contributed by atoms with Crippen molar-refractivity contribution in [1.29, 1.82) is 0 Å².